The van der Waals surface area contributed by atoms with Crippen LogP contribution in [-0.4, -0.2) is 23.0 Å². The van der Waals surface area contributed by atoms with E-state index in [1.54, 1.807) is 19.2 Å². The molecule has 0 aliphatic rings. The number of hydrogen-bond acceptors (Lipinski definition) is 7. The summed E-state index contributed by atoms with van der Waals surface area (Å²) < 4.78 is 10.8. The Morgan fingerprint density at radius 3 is 2.48 bits per heavy atom. The van der Waals surface area contributed by atoms with Gasteiger partial charge in [0.2, 0.25) is 5.95 Å². The van der Waals surface area contributed by atoms with Gasteiger partial charge in [-0.2, -0.15) is 0 Å². The van der Waals surface area contributed by atoms with E-state index in [2.05, 4.69) is 27.5 Å². The number of ether oxygens (including phenoxy) is 1. The van der Waals surface area contributed by atoms with Crippen molar-refractivity contribution in [2.45, 2.75) is 33.7 Å². The van der Waals surface area contributed by atoms with Crippen molar-refractivity contribution in [2.24, 2.45) is 0 Å². The Balaban J connectivity index is 1.82. The number of thiophene rings is 1. The molecule has 0 radical (unpaired) electrons. The second-order valence-electron chi connectivity index (χ2n) is 7.79. The number of hydrogen-bond donors (Lipinski definition) is 2. The number of carbonyl (C=O) groups excluding carboxylic acids is 1. The first-order chi connectivity index (χ1) is 15.9. The number of furan rings is 1. The highest BCUT2D eigenvalue weighted by Crippen LogP contribution is 2.41. The molecule has 0 saturated carbocycles. The third-order valence-corrected chi connectivity index (χ3v) is 6.51. The molecule has 4 aromatic rings. The Bertz CT molecular complexity index is 1260. The van der Waals surface area contributed by atoms with Gasteiger partial charge in [-0.05, 0) is 69.2 Å². The van der Waals surface area contributed by atoms with Gasteiger partial charge >= 0.3 is 0 Å². The van der Waals surface area contributed by atoms with E-state index in [1.807, 2.05) is 51.1 Å². The van der Waals surface area contributed by atoms with E-state index >= 15 is 0 Å². The van der Waals surface area contributed by atoms with Crippen LogP contribution in [0.4, 0.5) is 10.9 Å². The molecule has 1 atom stereocenters. The van der Waals surface area contributed by atoms with Crippen molar-refractivity contribution < 1.29 is 13.9 Å². The zero-order valence-corrected chi connectivity index (χ0v) is 20.0. The summed E-state index contributed by atoms with van der Waals surface area (Å²) >= 11 is 1.53. The molecule has 4 rings (SSSR count). The third-order valence-electron chi connectivity index (χ3n) is 5.38. The van der Waals surface area contributed by atoms with E-state index in [1.165, 1.54) is 17.6 Å². The smallest absolute Gasteiger partial charge is 0.291 e. The van der Waals surface area contributed by atoms with Gasteiger partial charge < -0.3 is 19.8 Å². The topological polar surface area (TPSA) is 89.3 Å². The molecule has 0 aliphatic carbocycles. The van der Waals surface area contributed by atoms with Crippen molar-refractivity contribution in [3.63, 3.8) is 0 Å². The summed E-state index contributed by atoms with van der Waals surface area (Å²) in [5.74, 6) is 1.22. The fourth-order valence-electron chi connectivity index (χ4n) is 3.72. The van der Waals surface area contributed by atoms with Crippen LogP contribution >= 0.6 is 11.3 Å². The first-order valence-corrected chi connectivity index (χ1v) is 11.3. The van der Waals surface area contributed by atoms with E-state index in [0.29, 0.717) is 5.95 Å². The zero-order chi connectivity index (χ0) is 23.5. The predicted molar refractivity (Wildman–Crippen MR) is 130 cm³/mol. The lowest BCUT2D eigenvalue weighted by molar-refractivity contribution is 0.0997. The molecule has 8 heteroatoms. The molecule has 3 heterocycles. The molecule has 0 spiro atoms. The number of benzene rings is 1. The fourth-order valence-corrected chi connectivity index (χ4v) is 4.81. The molecule has 2 N–H and O–H groups in total. The molecular weight excluding hydrogens is 436 g/mol. The molecule has 7 nitrogen and oxygen atoms in total. The normalized spacial score (nSPS) is 11.8. The molecule has 1 aromatic carbocycles. The molecule has 170 valence electrons. The Morgan fingerprint density at radius 1 is 1.06 bits per heavy atom. The molecule has 0 aliphatic heterocycles. The number of carbonyl (C=O) groups is 1. The van der Waals surface area contributed by atoms with E-state index in [-0.39, 0.29) is 17.7 Å². The lowest BCUT2D eigenvalue weighted by Gasteiger charge is -2.22. The first kappa shape index (κ1) is 22.5. The highest BCUT2D eigenvalue weighted by Gasteiger charge is 2.26. The number of aromatic nitrogens is 2. The first-order valence-electron chi connectivity index (χ1n) is 10.5. The molecule has 0 saturated heterocycles. The van der Waals surface area contributed by atoms with Crippen molar-refractivity contribution in [1.82, 2.24) is 9.97 Å². The van der Waals surface area contributed by atoms with E-state index in [4.69, 9.17) is 9.15 Å². The summed E-state index contributed by atoms with van der Waals surface area (Å²) in [6.45, 7) is 7.98. The number of methoxy groups -OCH3 is 1. The summed E-state index contributed by atoms with van der Waals surface area (Å²) in [5.41, 5.74) is 4.75. The van der Waals surface area contributed by atoms with Crippen LogP contribution < -0.4 is 15.4 Å². The highest BCUT2D eigenvalue weighted by atomic mass is 32.1. The largest absolute Gasteiger partial charge is 0.497 e. The van der Waals surface area contributed by atoms with Gasteiger partial charge in [-0.15, -0.1) is 11.3 Å². The van der Waals surface area contributed by atoms with Crippen molar-refractivity contribution in [2.75, 3.05) is 17.7 Å². The van der Waals surface area contributed by atoms with Crippen LogP contribution in [0.2, 0.25) is 0 Å². The lowest BCUT2D eigenvalue weighted by Crippen LogP contribution is -2.18. The van der Waals surface area contributed by atoms with Crippen LogP contribution in [-0.2, 0) is 0 Å². The summed E-state index contributed by atoms with van der Waals surface area (Å²) in [6, 6.07) is 12.8. The van der Waals surface area contributed by atoms with Gasteiger partial charge in [-0.1, -0.05) is 12.1 Å². The van der Waals surface area contributed by atoms with Gasteiger partial charge in [0.1, 0.15) is 10.8 Å². The number of aryl methyl sites for hydroxylation is 3. The maximum absolute atomic E-state index is 12.8. The van der Waals surface area contributed by atoms with Gasteiger partial charge in [-0.3, -0.25) is 4.79 Å². The summed E-state index contributed by atoms with van der Waals surface area (Å²) in [5, 5.41) is 7.28. The van der Waals surface area contributed by atoms with Gasteiger partial charge in [0.25, 0.3) is 5.91 Å². The average molecular weight is 463 g/mol. The maximum Gasteiger partial charge on any atom is 0.291 e. The van der Waals surface area contributed by atoms with Gasteiger partial charge in [0, 0.05) is 21.8 Å². The minimum absolute atomic E-state index is 0.258. The van der Waals surface area contributed by atoms with E-state index in [0.717, 1.165) is 43.7 Å². The van der Waals surface area contributed by atoms with Gasteiger partial charge in [0.15, 0.2) is 5.76 Å². The van der Waals surface area contributed by atoms with Crippen molar-refractivity contribution in [3.8, 4) is 5.75 Å². The lowest BCUT2D eigenvalue weighted by atomic mass is 9.96. The summed E-state index contributed by atoms with van der Waals surface area (Å²) in [6.07, 6.45) is 1.48. The molecule has 3 aromatic heterocycles. The number of nitrogens with one attached hydrogen (secondary N) is 2. The molecular formula is C25H26N4O3S. The monoisotopic (exact) mass is 462 g/mol. The van der Waals surface area contributed by atoms with E-state index in [9.17, 15) is 4.79 Å². The Hall–Kier alpha value is -3.65. The van der Waals surface area contributed by atoms with Crippen molar-refractivity contribution in [1.29, 1.82) is 0 Å². The van der Waals surface area contributed by atoms with Crippen LogP contribution in [0.5, 0.6) is 5.75 Å². The van der Waals surface area contributed by atoms with E-state index < -0.39 is 0 Å². The summed E-state index contributed by atoms with van der Waals surface area (Å²) in [4.78, 5) is 23.1. The highest BCUT2D eigenvalue weighted by molar-refractivity contribution is 7.16. The molecule has 0 unspecified atom stereocenters. The van der Waals surface area contributed by atoms with Gasteiger partial charge in [-0.25, -0.2) is 9.97 Å². The van der Waals surface area contributed by atoms with Crippen LogP contribution in [0.25, 0.3) is 0 Å². The number of amides is 1. The quantitative estimate of drug-likeness (QED) is 0.359. The van der Waals surface area contributed by atoms with Gasteiger partial charge in [0.05, 0.1) is 19.4 Å². The minimum Gasteiger partial charge on any atom is -0.497 e. The van der Waals surface area contributed by atoms with Crippen LogP contribution in [0.3, 0.4) is 0 Å². The molecule has 1 amide bonds. The van der Waals surface area contributed by atoms with Crippen LogP contribution in [0.15, 0.2) is 53.1 Å². The Kier molecular flexibility index (Phi) is 6.46. The SMILES string of the molecule is COc1cccc([C@H](Nc2nc(C)cc(C)n2)c2c(NC(=O)c3ccco3)sc(C)c2C)c1. The number of anilines is 2. The number of nitrogens with zero attached hydrogens (tertiary/aromatic N) is 2. The van der Waals surface area contributed by atoms with Crippen molar-refractivity contribution in [3.05, 3.63) is 87.4 Å². The van der Waals surface area contributed by atoms with Crippen LogP contribution in [0.1, 0.15) is 49.6 Å². The fraction of sp³-hybridized carbons (Fsp3) is 0.240. The van der Waals surface area contributed by atoms with Crippen molar-refractivity contribution >= 4 is 28.2 Å². The standard InChI is InChI=1S/C25H26N4O3S/c1-14-12-15(2)27-25(26-14)28-22(18-8-6-9-19(13-18)31-5)21-16(3)17(4)33-24(21)29-23(30)20-10-7-11-32-20/h6-13,22H,1-5H3,(H,29,30)(H,26,27,28)/t22-/m0/s1. The average Bonchev–Trinajstić information content (AvgIpc) is 3.41. The Morgan fingerprint density at radius 2 is 1.82 bits per heavy atom. The second kappa shape index (κ2) is 9.46. The molecule has 33 heavy (non-hydrogen) atoms. The third kappa shape index (κ3) is 4.90. The minimum atomic E-state index is -0.321. The summed E-state index contributed by atoms with van der Waals surface area (Å²) in [7, 11) is 1.64. The maximum atomic E-state index is 12.8. The molecule has 0 fully saturated rings. The Labute approximate surface area is 196 Å². The molecule has 0 bridgehead atoms. The second-order valence-corrected chi connectivity index (χ2v) is 9.01. The number of rotatable bonds is 7. The zero-order valence-electron chi connectivity index (χ0n) is 19.2. The predicted octanol–water partition coefficient (Wildman–Crippen LogP) is 5.83. The van der Waals surface area contributed by atoms with Crippen LogP contribution in [0, 0.1) is 27.7 Å².